The highest BCUT2D eigenvalue weighted by Gasteiger charge is 2.69. The average molecular weight is 394 g/mol. The van der Waals surface area contributed by atoms with Crippen LogP contribution in [-0.4, -0.2) is 26.8 Å². The Morgan fingerprint density at radius 1 is 0.679 bits per heavy atom. The van der Waals surface area contributed by atoms with Gasteiger partial charge in [0.15, 0.2) is 27.5 Å². The van der Waals surface area contributed by atoms with Gasteiger partial charge in [0.2, 0.25) is 0 Å². The average Bonchev–Trinajstić information content (AvgIpc) is 2.63. The Morgan fingerprint density at radius 2 is 1.11 bits per heavy atom. The quantitative estimate of drug-likeness (QED) is 0.127. The molecule has 28 heavy (non-hydrogen) atoms. The minimum atomic E-state index is -3.44. The fourth-order valence-corrected chi connectivity index (χ4v) is 2.06. The first-order chi connectivity index (χ1) is 13.4. The molecule has 0 unspecified atom stereocenters. The molecule has 0 fully saturated rings. The van der Waals surface area contributed by atoms with Crippen molar-refractivity contribution in [2.75, 3.05) is 0 Å². The molecule has 0 aromatic rings. The first kappa shape index (κ1) is 24.8. The van der Waals surface area contributed by atoms with Gasteiger partial charge in [0.05, 0.1) is 0 Å². The molecule has 0 aliphatic carbocycles. The van der Waals surface area contributed by atoms with Gasteiger partial charge in [-0.05, 0) is 38.5 Å². The van der Waals surface area contributed by atoms with Crippen molar-refractivity contribution in [2.45, 2.75) is 57.2 Å². The number of carbonyl (C=O) groups excluding carboxylic acids is 1. The maximum atomic E-state index is 10.7. The zero-order chi connectivity index (χ0) is 21.3. The number of rotatable bonds is 16. The monoisotopic (exact) mass is 394 g/mol. The molecule has 0 atom stereocenters. The molecule has 0 bridgehead atoms. The number of hydrogen-bond acceptors (Lipinski definition) is 7. The lowest BCUT2D eigenvalue weighted by Crippen LogP contribution is -2.52. The van der Waals surface area contributed by atoms with Gasteiger partial charge in [0, 0.05) is 6.42 Å². The zero-order valence-corrected chi connectivity index (χ0v) is 15.5. The third-order valence-electron chi connectivity index (χ3n) is 3.65. The SMILES string of the molecule is O=[C]CCCCC=CCC=CCC=CCC=CCC([N+](=O)[O-])([N+](=O)[O-])[N+](=O)[O-]. The summed E-state index contributed by atoms with van der Waals surface area (Å²) in [6.07, 6.45) is 20.2. The van der Waals surface area contributed by atoms with Crippen molar-refractivity contribution < 1.29 is 19.6 Å². The van der Waals surface area contributed by atoms with Gasteiger partial charge in [-0.2, -0.15) is 0 Å². The fraction of sp³-hybridized carbons (Fsp3) is 0.500. The van der Waals surface area contributed by atoms with Gasteiger partial charge in [-0.25, -0.2) is 0 Å². The van der Waals surface area contributed by atoms with Crippen molar-refractivity contribution in [1.82, 2.24) is 0 Å². The summed E-state index contributed by atoms with van der Waals surface area (Å²) in [5, 5.41) is 32.2. The Bertz CT molecular complexity index is 603. The number of nitrogens with zero attached hydrogens (tertiary/aromatic N) is 3. The smallest absolute Gasteiger partial charge is 0.291 e. The van der Waals surface area contributed by atoms with Crippen LogP contribution in [0.3, 0.4) is 0 Å². The van der Waals surface area contributed by atoms with Crippen LogP contribution < -0.4 is 0 Å². The highest BCUT2D eigenvalue weighted by Crippen LogP contribution is 2.18. The van der Waals surface area contributed by atoms with Crippen molar-refractivity contribution in [3.63, 3.8) is 0 Å². The predicted octanol–water partition coefficient (Wildman–Crippen LogP) is 3.93. The second-order valence-corrected chi connectivity index (χ2v) is 5.73. The summed E-state index contributed by atoms with van der Waals surface area (Å²) in [6, 6.07) is 0. The molecule has 0 heterocycles. The van der Waals surface area contributed by atoms with Gasteiger partial charge in [0.1, 0.15) is 0 Å². The van der Waals surface area contributed by atoms with Crippen molar-refractivity contribution in [3.05, 3.63) is 79.0 Å². The molecular formula is C18H24N3O7. The second-order valence-electron chi connectivity index (χ2n) is 5.73. The third-order valence-corrected chi connectivity index (χ3v) is 3.65. The van der Waals surface area contributed by atoms with Crippen LogP contribution >= 0.6 is 0 Å². The van der Waals surface area contributed by atoms with Gasteiger partial charge >= 0.3 is 5.79 Å². The van der Waals surface area contributed by atoms with Crippen LogP contribution in [0.15, 0.2) is 48.6 Å². The summed E-state index contributed by atoms with van der Waals surface area (Å²) in [6.45, 7) is 0. The predicted molar refractivity (Wildman–Crippen MR) is 103 cm³/mol. The summed E-state index contributed by atoms with van der Waals surface area (Å²) < 4.78 is 0. The van der Waals surface area contributed by atoms with E-state index in [0.29, 0.717) is 19.3 Å². The lowest BCUT2D eigenvalue weighted by molar-refractivity contribution is -0.968. The van der Waals surface area contributed by atoms with E-state index in [1.807, 2.05) is 30.6 Å². The van der Waals surface area contributed by atoms with Crippen LogP contribution in [0.1, 0.15) is 51.4 Å². The topological polar surface area (TPSA) is 146 Å². The van der Waals surface area contributed by atoms with Crippen LogP contribution in [0.5, 0.6) is 0 Å². The van der Waals surface area contributed by atoms with Crippen molar-refractivity contribution in [1.29, 1.82) is 0 Å². The van der Waals surface area contributed by atoms with E-state index in [1.165, 1.54) is 6.08 Å². The third kappa shape index (κ3) is 9.51. The van der Waals surface area contributed by atoms with E-state index in [4.69, 9.17) is 0 Å². The lowest BCUT2D eigenvalue weighted by Gasteiger charge is -2.06. The van der Waals surface area contributed by atoms with Gasteiger partial charge in [-0.1, -0.05) is 48.6 Å². The zero-order valence-electron chi connectivity index (χ0n) is 15.5. The Balaban J connectivity index is 4.10. The largest absolute Gasteiger partial charge is 0.703 e. The molecule has 0 aromatic heterocycles. The van der Waals surface area contributed by atoms with Crippen molar-refractivity contribution >= 4 is 6.29 Å². The number of nitro groups is 3. The maximum Gasteiger partial charge on any atom is 0.703 e. The summed E-state index contributed by atoms with van der Waals surface area (Å²) >= 11 is 0. The number of allylic oxidation sites excluding steroid dienone is 7. The molecule has 10 heteroatoms. The van der Waals surface area contributed by atoms with E-state index >= 15 is 0 Å². The van der Waals surface area contributed by atoms with E-state index in [0.717, 1.165) is 31.8 Å². The summed E-state index contributed by atoms with van der Waals surface area (Å²) in [4.78, 5) is 37.8. The molecule has 0 rings (SSSR count). The molecular weight excluding hydrogens is 370 g/mol. The lowest BCUT2D eigenvalue weighted by atomic mass is 10.2. The van der Waals surface area contributed by atoms with Gasteiger partial charge in [-0.15, -0.1) is 0 Å². The molecule has 0 spiro atoms. The van der Waals surface area contributed by atoms with Crippen LogP contribution in [0.4, 0.5) is 0 Å². The molecule has 0 N–H and O–H groups in total. The summed E-state index contributed by atoms with van der Waals surface area (Å²) in [5.74, 6) is -3.44. The molecule has 1 radical (unpaired) electrons. The fourth-order valence-electron chi connectivity index (χ4n) is 2.06. The van der Waals surface area contributed by atoms with E-state index < -0.39 is 27.0 Å². The minimum Gasteiger partial charge on any atom is -0.291 e. The normalized spacial score (nSPS) is 12.4. The van der Waals surface area contributed by atoms with Crippen LogP contribution in [-0.2, 0) is 4.79 Å². The Hall–Kier alpha value is -3.17. The van der Waals surface area contributed by atoms with Crippen LogP contribution in [0.2, 0.25) is 0 Å². The van der Waals surface area contributed by atoms with E-state index in [-0.39, 0.29) is 0 Å². The second kappa shape index (κ2) is 14.9. The molecule has 10 nitrogen and oxygen atoms in total. The Kier molecular flexibility index (Phi) is 13.3. The van der Waals surface area contributed by atoms with E-state index in [2.05, 4.69) is 6.08 Å². The maximum absolute atomic E-state index is 10.7. The molecule has 0 amide bonds. The summed E-state index contributed by atoms with van der Waals surface area (Å²) in [5.41, 5.74) is 0. The first-order valence-corrected chi connectivity index (χ1v) is 8.78. The van der Waals surface area contributed by atoms with E-state index in [1.54, 1.807) is 6.08 Å². The van der Waals surface area contributed by atoms with Crippen LogP contribution in [0, 0.1) is 30.3 Å². The Labute approximate surface area is 162 Å². The van der Waals surface area contributed by atoms with Crippen molar-refractivity contribution in [3.8, 4) is 0 Å². The van der Waals surface area contributed by atoms with Crippen molar-refractivity contribution in [2.24, 2.45) is 0 Å². The highest BCUT2D eigenvalue weighted by atomic mass is 16.7. The molecule has 153 valence electrons. The highest BCUT2D eigenvalue weighted by molar-refractivity contribution is 5.50. The molecule has 0 aliphatic rings. The molecule has 0 aromatic carbocycles. The van der Waals surface area contributed by atoms with Crippen LogP contribution in [0.25, 0.3) is 0 Å². The standard InChI is InChI=1S/C18H24N3O7/c22-17-15-13-11-9-7-5-3-1-2-4-6-8-10-12-14-16-18(19(23)24,20(25)26)21(27)28/h1-2,5-8,12,14H,3-4,9-11,13,15-16H2. The Morgan fingerprint density at radius 3 is 1.54 bits per heavy atom. The molecule has 0 aliphatic heterocycles. The number of unbranched alkanes of at least 4 members (excludes halogenated alkanes) is 3. The van der Waals surface area contributed by atoms with Gasteiger partial charge < -0.3 is 0 Å². The molecule has 0 saturated heterocycles. The minimum absolute atomic E-state index is 0.356. The summed E-state index contributed by atoms with van der Waals surface area (Å²) in [7, 11) is 0. The van der Waals surface area contributed by atoms with E-state index in [9.17, 15) is 35.1 Å². The first-order valence-electron chi connectivity index (χ1n) is 8.78. The van der Waals surface area contributed by atoms with Gasteiger partial charge in [-0.3, -0.25) is 35.1 Å². The molecule has 0 saturated carbocycles. The van der Waals surface area contributed by atoms with Gasteiger partial charge in [0.25, 0.3) is 0 Å². The number of hydrogen-bond donors (Lipinski definition) is 0.